The second kappa shape index (κ2) is 7.22. The van der Waals surface area contributed by atoms with Gasteiger partial charge in [-0.25, -0.2) is 0 Å². The van der Waals surface area contributed by atoms with Gasteiger partial charge in [0.25, 0.3) is 10.1 Å². The Kier molecular flexibility index (Phi) is 7.71. The molecule has 1 unspecified atom stereocenters. The molecule has 0 rings (SSSR count). The standard InChI is InChI=1S/C6H12ClIO4S/c7-4-6(8)2-1-3-12-5-13(9,10)11/h6H,1-5H2,(H,9,10,11). The third-order valence-corrected chi connectivity index (χ3v) is 3.63. The van der Waals surface area contributed by atoms with Crippen LogP contribution in [0.5, 0.6) is 0 Å². The molecule has 7 heteroatoms. The zero-order valence-corrected chi connectivity index (χ0v) is 10.7. The Hall–Kier alpha value is 0.890. The summed E-state index contributed by atoms with van der Waals surface area (Å²) in [5, 5.41) is 0. The summed E-state index contributed by atoms with van der Waals surface area (Å²) < 4.78 is 33.8. The molecule has 0 saturated heterocycles. The van der Waals surface area contributed by atoms with Crippen molar-refractivity contribution in [1.29, 1.82) is 0 Å². The molecule has 0 amide bonds. The van der Waals surface area contributed by atoms with Crippen LogP contribution in [-0.2, 0) is 14.9 Å². The van der Waals surface area contributed by atoms with Gasteiger partial charge < -0.3 is 4.74 Å². The smallest absolute Gasteiger partial charge is 0.289 e. The molecular weight excluding hydrogens is 330 g/mol. The largest absolute Gasteiger partial charge is 0.363 e. The number of alkyl halides is 2. The fourth-order valence-electron chi connectivity index (χ4n) is 0.648. The van der Waals surface area contributed by atoms with Gasteiger partial charge in [0.15, 0.2) is 5.94 Å². The summed E-state index contributed by atoms with van der Waals surface area (Å²) in [6.07, 6.45) is 1.63. The molecule has 0 bridgehead atoms. The Morgan fingerprint density at radius 2 is 2.15 bits per heavy atom. The number of hydrogen-bond acceptors (Lipinski definition) is 3. The van der Waals surface area contributed by atoms with Crippen LogP contribution in [0.4, 0.5) is 0 Å². The third-order valence-electron chi connectivity index (χ3n) is 1.21. The van der Waals surface area contributed by atoms with Crippen LogP contribution in [0.1, 0.15) is 12.8 Å². The van der Waals surface area contributed by atoms with E-state index >= 15 is 0 Å². The molecule has 1 atom stereocenters. The molecule has 0 spiro atoms. The van der Waals surface area contributed by atoms with Gasteiger partial charge in [-0.15, -0.1) is 11.6 Å². The normalized spacial score (nSPS) is 14.4. The van der Waals surface area contributed by atoms with Crippen LogP contribution in [0.3, 0.4) is 0 Å². The monoisotopic (exact) mass is 342 g/mol. The van der Waals surface area contributed by atoms with Gasteiger partial charge in [-0.3, -0.25) is 4.55 Å². The summed E-state index contributed by atoms with van der Waals surface area (Å²) in [7, 11) is -3.98. The molecule has 0 aromatic carbocycles. The summed E-state index contributed by atoms with van der Waals surface area (Å²) in [5.41, 5.74) is 0. The quantitative estimate of drug-likeness (QED) is 0.331. The average Bonchev–Trinajstić information content (AvgIpc) is 2.01. The van der Waals surface area contributed by atoms with Crippen LogP contribution in [0.2, 0.25) is 0 Å². The molecule has 80 valence electrons. The van der Waals surface area contributed by atoms with Crippen molar-refractivity contribution in [1.82, 2.24) is 0 Å². The van der Waals surface area contributed by atoms with Crippen molar-refractivity contribution in [3.05, 3.63) is 0 Å². The predicted molar refractivity (Wildman–Crippen MR) is 60.1 cm³/mol. The second-order valence-electron chi connectivity index (χ2n) is 2.50. The van der Waals surface area contributed by atoms with Gasteiger partial charge in [0.1, 0.15) is 0 Å². The molecule has 0 aromatic rings. The summed E-state index contributed by atoms with van der Waals surface area (Å²) in [6, 6.07) is 0. The molecule has 4 nitrogen and oxygen atoms in total. The van der Waals surface area contributed by atoms with Crippen molar-refractivity contribution in [2.45, 2.75) is 16.8 Å². The highest BCUT2D eigenvalue weighted by Gasteiger charge is 2.04. The zero-order valence-electron chi connectivity index (χ0n) is 6.95. The first kappa shape index (κ1) is 13.9. The van der Waals surface area contributed by atoms with E-state index in [9.17, 15) is 8.42 Å². The Labute approximate surface area is 96.9 Å². The van der Waals surface area contributed by atoms with Crippen molar-refractivity contribution < 1.29 is 17.7 Å². The topological polar surface area (TPSA) is 63.6 Å². The fraction of sp³-hybridized carbons (Fsp3) is 1.00. The third kappa shape index (κ3) is 10.8. The highest BCUT2D eigenvalue weighted by molar-refractivity contribution is 14.1. The van der Waals surface area contributed by atoms with E-state index in [0.29, 0.717) is 16.4 Å². The lowest BCUT2D eigenvalue weighted by atomic mass is 10.3. The number of rotatable bonds is 7. The number of halogens is 2. The van der Waals surface area contributed by atoms with Gasteiger partial charge in [0.05, 0.1) is 0 Å². The molecule has 0 heterocycles. The SMILES string of the molecule is O=S(=O)(O)COCCCC(I)CCl. The number of ether oxygens (including phenoxy) is 1. The fourth-order valence-corrected chi connectivity index (χ4v) is 1.57. The molecule has 0 saturated carbocycles. The average molecular weight is 343 g/mol. The minimum absolute atomic E-state index is 0.330. The highest BCUT2D eigenvalue weighted by Crippen LogP contribution is 2.10. The van der Waals surface area contributed by atoms with E-state index in [2.05, 4.69) is 22.6 Å². The Morgan fingerprint density at radius 3 is 2.62 bits per heavy atom. The van der Waals surface area contributed by atoms with E-state index in [1.54, 1.807) is 0 Å². The second-order valence-corrected chi connectivity index (χ2v) is 5.97. The van der Waals surface area contributed by atoms with Gasteiger partial charge in [-0.2, -0.15) is 8.42 Å². The van der Waals surface area contributed by atoms with E-state index in [4.69, 9.17) is 20.9 Å². The highest BCUT2D eigenvalue weighted by atomic mass is 127. The molecule has 0 radical (unpaired) electrons. The molecule has 0 aromatic heterocycles. The van der Waals surface area contributed by atoms with Crippen LogP contribution in [0.15, 0.2) is 0 Å². The van der Waals surface area contributed by atoms with Gasteiger partial charge in [0, 0.05) is 16.4 Å². The molecular formula is C6H12ClIO4S. The molecule has 1 N–H and O–H groups in total. The predicted octanol–water partition coefficient (Wildman–Crippen LogP) is 1.67. The molecule has 0 aliphatic heterocycles. The molecule has 0 fully saturated rings. The minimum atomic E-state index is -3.98. The van der Waals surface area contributed by atoms with Crippen LogP contribution < -0.4 is 0 Å². The van der Waals surface area contributed by atoms with E-state index in [-0.39, 0.29) is 0 Å². The van der Waals surface area contributed by atoms with Crippen LogP contribution in [0.25, 0.3) is 0 Å². The van der Waals surface area contributed by atoms with Gasteiger partial charge in [-0.1, -0.05) is 22.6 Å². The van der Waals surface area contributed by atoms with Crippen molar-refractivity contribution in [3.8, 4) is 0 Å². The number of hydrogen-bond donors (Lipinski definition) is 1. The van der Waals surface area contributed by atoms with Gasteiger partial charge >= 0.3 is 0 Å². The van der Waals surface area contributed by atoms with E-state index in [0.717, 1.165) is 12.8 Å². The molecule has 0 aliphatic carbocycles. The van der Waals surface area contributed by atoms with Crippen molar-refractivity contribution >= 4 is 44.3 Å². The zero-order chi connectivity index (χ0) is 10.3. The van der Waals surface area contributed by atoms with E-state index in [1.165, 1.54) is 0 Å². The van der Waals surface area contributed by atoms with Crippen LogP contribution in [-0.4, -0.2) is 35.3 Å². The minimum Gasteiger partial charge on any atom is -0.363 e. The van der Waals surface area contributed by atoms with Crippen LogP contribution >= 0.6 is 34.2 Å². The lowest BCUT2D eigenvalue weighted by Gasteiger charge is -2.05. The summed E-state index contributed by atoms with van der Waals surface area (Å²) in [6.45, 7) is 0.330. The molecule has 13 heavy (non-hydrogen) atoms. The summed E-state index contributed by atoms with van der Waals surface area (Å²) in [5.74, 6) is -0.0430. The maximum absolute atomic E-state index is 10.2. The summed E-state index contributed by atoms with van der Waals surface area (Å²) in [4.78, 5) is 0. The summed E-state index contributed by atoms with van der Waals surface area (Å²) >= 11 is 7.77. The first-order chi connectivity index (χ1) is 5.95. The van der Waals surface area contributed by atoms with Crippen LogP contribution in [0, 0.1) is 0 Å². The maximum Gasteiger partial charge on any atom is 0.289 e. The first-order valence-electron chi connectivity index (χ1n) is 3.68. The Bertz CT molecular complexity index is 219. The van der Waals surface area contributed by atoms with Crippen molar-refractivity contribution in [3.63, 3.8) is 0 Å². The van der Waals surface area contributed by atoms with E-state index < -0.39 is 16.1 Å². The Balaban J connectivity index is 3.27. The lowest BCUT2D eigenvalue weighted by molar-refractivity contribution is 0.166. The molecule has 0 aliphatic rings. The maximum atomic E-state index is 10.2. The van der Waals surface area contributed by atoms with Gasteiger partial charge in [0.2, 0.25) is 0 Å². The van der Waals surface area contributed by atoms with E-state index in [1.807, 2.05) is 0 Å². The van der Waals surface area contributed by atoms with Crippen molar-refractivity contribution in [2.75, 3.05) is 18.4 Å². The van der Waals surface area contributed by atoms with Crippen molar-refractivity contribution in [2.24, 2.45) is 0 Å². The lowest BCUT2D eigenvalue weighted by Crippen LogP contribution is -2.09. The van der Waals surface area contributed by atoms with Gasteiger partial charge in [-0.05, 0) is 12.8 Å². The Morgan fingerprint density at radius 1 is 1.54 bits per heavy atom. The first-order valence-corrected chi connectivity index (χ1v) is 7.07.